The highest BCUT2D eigenvalue weighted by Gasteiger charge is 2.30. The fourth-order valence-electron chi connectivity index (χ4n) is 2.95. The van der Waals surface area contributed by atoms with Gasteiger partial charge in [-0.1, -0.05) is 11.6 Å². The highest BCUT2D eigenvalue weighted by molar-refractivity contribution is 6.30. The van der Waals surface area contributed by atoms with Gasteiger partial charge in [0.15, 0.2) is 11.3 Å². The van der Waals surface area contributed by atoms with Crippen molar-refractivity contribution >= 4 is 23.2 Å². The average Bonchev–Trinajstić information content (AvgIpc) is 3.34. The molecule has 7 heteroatoms. The summed E-state index contributed by atoms with van der Waals surface area (Å²) in [5, 5.41) is 3.62. The molecule has 0 saturated heterocycles. The van der Waals surface area contributed by atoms with Gasteiger partial charge in [-0.15, -0.1) is 0 Å². The number of hydrogen-bond acceptors (Lipinski definition) is 4. The number of hydrogen-bond donors (Lipinski definition) is 1. The van der Waals surface area contributed by atoms with Crippen molar-refractivity contribution in [2.24, 2.45) is 5.92 Å². The van der Waals surface area contributed by atoms with E-state index in [9.17, 15) is 4.79 Å². The van der Waals surface area contributed by atoms with Crippen LogP contribution in [0, 0.1) is 12.8 Å². The lowest BCUT2D eigenvalue weighted by Gasteiger charge is -2.11. The molecule has 3 heterocycles. The van der Waals surface area contributed by atoms with E-state index in [4.69, 9.17) is 11.6 Å². The maximum Gasteiger partial charge on any atom is 0.274 e. The fraction of sp³-hybridized carbons (Fsp3) is 0.333. The lowest BCUT2D eigenvalue weighted by atomic mass is 10.2. The topological polar surface area (TPSA) is 72.2 Å². The standard InChI is InChI=1S/C18H18ClN5O/c1-10-7-15(14-8-13(19)5-6-20-14)23-17-16(21-9-24(10)17)18(25)22-11(2)12-3-4-12/h5-9,11-12H,3-4H2,1-2H3,(H,22,25)/t11-/m0/s1. The molecule has 1 aliphatic carbocycles. The summed E-state index contributed by atoms with van der Waals surface area (Å²) in [7, 11) is 0. The summed E-state index contributed by atoms with van der Waals surface area (Å²) >= 11 is 6.06. The second-order valence-corrected chi connectivity index (χ2v) is 6.96. The van der Waals surface area contributed by atoms with E-state index in [0.717, 1.165) is 5.69 Å². The van der Waals surface area contributed by atoms with Gasteiger partial charge >= 0.3 is 0 Å². The third-order valence-corrected chi connectivity index (χ3v) is 4.82. The minimum Gasteiger partial charge on any atom is -0.348 e. The van der Waals surface area contributed by atoms with Crippen LogP contribution in [0.1, 0.15) is 35.9 Å². The normalized spacial score (nSPS) is 15.3. The maximum absolute atomic E-state index is 12.6. The van der Waals surface area contributed by atoms with Gasteiger partial charge in [0.05, 0.1) is 11.4 Å². The molecular formula is C18H18ClN5O. The number of aryl methyl sites for hydroxylation is 1. The molecule has 0 radical (unpaired) electrons. The van der Waals surface area contributed by atoms with Crippen molar-refractivity contribution in [2.45, 2.75) is 32.7 Å². The smallest absolute Gasteiger partial charge is 0.274 e. The van der Waals surface area contributed by atoms with Gasteiger partial charge in [-0.2, -0.15) is 0 Å². The van der Waals surface area contributed by atoms with Crippen molar-refractivity contribution in [3.05, 3.63) is 47.1 Å². The number of aromatic nitrogens is 4. The molecular weight excluding hydrogens is 338 g/mol. The van der Waals surface area contributed by atoms with Gasteiger partial charge in [-0.05, 0) is 50.8 Å². The molecule has 0 aromatic carbocycles. The van der Waals surface area contributed by atoms with Gasteiger partial charge in [-0.25, -0.2) is 9.97 Å². The molecule has 1 amide bonds. The molecule has 0 unspecified atom stereocenters. The van der Waals surface area contributed by atoms with Crippen LogP contribution in [0.2, 0.25) is 5.02 Å². The molecule has 1 aliphatic rings. The third kappa shape index (κ3) is 3.09. The van der Waals surface area contributed by atoms with Crippen molar-refractivity contribution in [1.29, 1.82) is 0 Å². The molecule has 0 bridgehead atoms. The first-order valence-electron chi connectivity index (χ1n) is 8.30. The maximum atomic E-state index is 12.6. The first kappa shape index (κ1) is 16.0. The predicted molar refractivity (Wildman–Crippen MR) is 95.6 cm³/mol. The zero-order valence-corrected chi connectivity index (χ0v) is 14.8. The molecule has 4 rings (SSSR count). The highest BCUT2D eigenvalue weighted by Crippen LogP contribution is 2.32. The Labute approximate surface area is 150 Å². The first-order valence-corrected chi connectivity index (χ1v) is 8.68. The Morgan fingerprint density at radius 2 is 2.12 bits per heavy atom. The SMILES string of the molecule is Cc1cc(-c2cc(Cl)ccn2)nc2c(C(=O)N[C@@H](C)C3CC3)ncn12. The van der Waals surface area contributed by atoms with Crippen molar-refractivity contribution in [3.8, 4) is 11.4 Å². The molecule has 0 aliphatic heterocycles. The second kappa shape index (κ2) is 6.11. The van der Waals surface area contributed by atoms with Crippen LogP contribution in [-0.4, -0.2) is 31.3 Å². The number of nitrogens with one attached hydrogen (secondary N) is 1. The summed E-state index contributed by atoms with van der Waals surface area (Å²) in [6.07, 6.45) is 5.62. The summed E-state index contributed by atoms with van der Waals surface area (Å²) in [5.74, 6) is 0.392. The summed E-state index contributed by atoms with van der Waals surface area (Å²) < 4.78 is 1.81. The highest BCUT2D eigenvalue weighted by atomic mass is 35.5. The second-order valence-electron chi connectivity index (χ2n) is 6.53. The molecule has 1 atom stereocenters. The molecule has 3 aromatic rings. The summed E-state index contributed by atoms with van der Waals surface area (Å²) in [6.45, 7) is 3.98. The number of imidazole rings is 1. The number of pyridine rings is 1. The Hall–Kier alpha value is -2.47. The van der Waals surface area contributed by atoms with E-state index < -0.39 is 0 Å². The Kier molecular flexibility index (Phi) is 3.92. The summed E-state index contributed by atoms with van der Waals surface area (Å²) in [5.41, 5.74) is 3.11. The Morgan fingerprint density at radius 1 is 1.32 bits per heavy atom. The zero-order chi connectivity index (χ0) is 17.6. The Balaban J connectivity index is 1.74. The van der Waals surface area contributed by atoms with Crippen molar-refractivity contribution < 1.29 is 4.79 Å². The monoisotopic (exact) mass is 355 g/mol. The van der Waals surface area contributed by atoms with E-state index in [1.54, 1.807) is 24.7 Å². The van der Waals surface area contributed by atoms with Crippen molar-refractivity contribution in [2.75, 3.05) is 0 Å². The number of rotatable bonds is 4. The van der Waals surface area contributed by atoms with E-state index in [0.29, 0.717) is 33.7 Å². The molecule has 1 N–H and O–H groups in total. The van der Waals surface area contributed by atoms with Gasteiger partial charge in [0.25, 0.3) is 5.91 Å². The van der Waals surface area contributed by atoms with E-state index >= 15 is 0 Å². The number of halogens is 1. The molecule has 128 valence electrons. The van der Waals surface area contributed by atoms with Crippen molar-refractivity contribution in [3.63, 3.8) is 0 Å². The molecule has 25 heavy (non-hydrogen) atoms. The van der Waals surface area contributed by atoms with Gasteiger partial charge < -0.3 is 5.32 Å². The number of carbonyl (C=O) groups excluding carboxylic acids is 1. The van der Waals surface area contributed by atoms with Crippen LogP contribution < -0.4 is 5.32 Å². The van der Waals surface area contributed by atoms with Crippen LogP contribution in [-0.2, 0) is 0 Å². The molecule has 1 fully saturated rings. The number of amides is 1. The van der Waals surface area contributed by atoms with Crippen LogP contribution in [0.4, 0.5) is 0 Å². The average molecular weight is 356 g/mol. The van der Waals surface area contributed by atoms with E-state index in [-0.39, 0.29) is 11.9 Å². The van der Waals surface area contributed by atoms with Gasteiger partial charge in [0, 0.05) is 23.0 Å². The van der Waals surface area contributed by atoms with Crippen molar-refractivity contribution in [1.82, 2.24) is 24.7 Å². The molecule has 3 aromatic heterocycles. The largest absolute Gasteiger partial charge is 0.348 e. The lowest BCUT2D eigenvalue weighted by Crippen LogP contribution is -2.34. The van der Waals surface area contributed by atoms with Gasteiger partial charge in [0.2, 0.25) is 0 Å². The molecule has 6 nitrogen and oxygen atoms in total. The van der Waals surface area contributed by atoms with Crippen LogP contribution >= 0.6 is 11.6 Å². The Bertz CT molecular complexity index is 963. The van der Waals surface area contributed by atoms with Crippen LogP contribution in [0.3, 0.4) is 0 Å². The van der Waals surface area contributed by atoms with E-state index in [1.165, 1.54) is 12.8 Å². The molecule has 0 spiro atoms. The fourth-order valence-corrected chi connectivity index (χ4v) is 3.11. The predicted octanol–water partition coefficient (Wildman–Crippen LogP) is 3.28. The summed E-state index contributed by atoms with van der Waals surface area (Å²) in [4.78, 5) is 25.8. The third-order valence-electron chi connectivity index (χ3n) is 4.58. The first-order chi connectivity index (χ1) is 12.0. The summed E-state index contributed by atoms with van der Waals surface area (Å²) in [6, 6.07) is 5.53. The minimum absolute atomic E-state index is 0.156. The zero-order valence-electron chi connectivity index (χ0n) is 14.0. The number of carbonyl (C=O) groups is 1. The van der Waals surface area contributed by atoms with E-state index in [2.05, 4.69) is 20.3 Å². The van der Waals surface area contributed by atoms with Gasteiger partial charge in [-0.3, -0.25) is 14.2 Å². The van der Waals surface area contributed by atoms with E-state index in [1.807, 2.05) is 24.3 Å². The number of nitrogens with zero attached hydrogens (tertiary/aromatic N) is 4. The lowest BCUT2D eigenvalue weighted by molar-refractivity contribution is 0.0933. The van der Waals surface area contributed by atoms with Crippen LogP contribution in [0.25, 0.3) is 17.0 Å². The van der Waals surface area contributed by atoms with Crippen LogP contribution in [0.15, 0.2) is 30.7 Å². The van der Waals surface area contributed by atoms with Gasteiger partial charge in [0.1, 0.15) is 6.33 Å². The van der Waals surface area contributed by atoms with Crippen LogP contribution in [0.5, 0.6) is 0 Å². The minimum atomic E-state index is -0.190. The Morgan fingerprint density at radius 3 is 2.84 bits per heavy atom. The molecule has 1 saturated carbocycles. The number of fused-ring (bicyclic) bond motifs is 1. The quantitative estimate of drug-likeness (QED) is 0.779.